The molecule has 8 nitrogen and oxygen atoms in total. The molecule has 0 radical (unpaired) electrons. The fourth-order valence-corrected chi connectivity index (χ4v) is 5.92. The molecule has 3 aromatic rings. The minimum Gasteiger partial charge on any atom is -0.486 e. The largest absolute Gasteiger partial charge is 0.486 e. The standard InChI is InChI=1S/C25H30N4O4S2/c1-25(2,3)15-9-11-16(12-10-15)33-13-19-27-28-24(29(19)4)34-14-20(30)26-22-21(23(31)32-5)17-7-6-8-18(17)35-22/h9-12H,6-8,13-14H2,1-5H3,(H,26,30). The zero-order chi connectivity index (χ0) is 25.2. The number of amides is 1. The Labute approximate surface area is 213 Å². The first-order valence-corrected chi connectivity index (χ1v) is 13.2. The Bertz CT molecular complexity index is 1230. The summed E-state index contributed by atoms with van der Waals surface area (Å²) in [6.07, 6.45) is 2.79. The van der Waals surface area contributed by atoms with Crippen molar-refractivity contribution in [3.8, 4) is 5.75 Å². The SMILES string of the molecule is COC(=O)c1c(NC(=O)CSc2nnc(COc3ccc(C(C)(C)C)cc3)n2C)sc2c1CCC2. The minimum atomic E-state index is -0.404. The van der Waals surface area contributed by atoms with Gasteiger partial charge in [0.25, 0.3) is 0 Å². The average molecular weight is 515 g/mol. The Morgan fingerprint density at radius 2 is 1.91 bits per heavy atom. The van der Waals surface area contributed by atoms with E-state index in [2.05, 4.69) is 48.4 Å². The lowest BCUT2D eigenvalue weighted by Crippen LogP contribution is -2.16. The zero-order valence-electron chi connectivity index (χ0n) is 20.6. The van der Waals surface area contributed by atoms with Gasteiger partial charge in [-0.05, 0) is 47.9 Å². The summed E-state index contributed by atoms with van der Waals surface area (Å²) in [5.41, 5.74) is 2.84. The number of thiophene rings is 1. The van der Waals surface area contributed by atoms with E-state index in [1.807, 2.05) is 23.7 Å². The highest BCUT2D eigenvalue weighted by Gasteiger charge is 2.28. The molecule has 186 valence electrons. The summed E-state index contributed by atoms with van der Waals surface area (Å²) in [6, 6.07) is 8.06. The second-order valence-corrected chi connectivity index (χ2v) is 11.5. The van der Waals surface area contributed by atoms with E-state index in [1.54, 1.807) is 0 Å². The number of hydrogen-bond acceptors (Lipinski definition) is 8. The number of carbonyl (C=O) groups excluding carboxylic acids is 2. The van der Waals surface area contributed by atoms with Crippen LogP contribution in [0, 0.1) is 0 Å². The van der Waals surface area contributed by atoms with E-state index in [0.717, 1.165) is 35.5 Å². The number of rotatable bonds is 8. The molecule has 1 aromatic carbocycles. The first-order chi connectivity index (χ1) is 16.7. The number of nitrogens with one attached hydrogen (secondary N) is 1. The maximum absolute atomic E-state index is 12.6. The third-order valence-corrected chi connectivity index (χ3v) is 8.14. The normalized spacial score (nSPS) is 12.9. The van der Waals surface area contributed by atoms with Gasteiger partial charge >= 0.3 is 5.97 Å². The number of aromatic nitrogens is 3. The number of fused-ring (bicyclic) bond motifs is 1. The second kappa shape index (κ2) is 10.4. The second-order valence-electron chi connectivity index (χ2n) is 9.41. The molecule has 35 heavy (non-hydrogen) atoms. The van der Waals surface area contributed by atoms with Crippen LogP contribution in [0.5, 0.6) is 5.75 Å². The number of esters is 1. The van der Waals surface area contributed by atoms with Crippen molar-refractivity contribution in [2.24, 2.45) is 7.05 Å². The Morgan fingerprint density at radius 1 is 1.17 bits per heavy atom. The molecule has 1 N–H and O–H groups in total. The lowest BCUT2D eigenvalue weighted by Gasteiger charge is -2.19. The Morgan fingerprint density at radius 3 is 2.60 bits per heavy atom. The quantitative estimate of drug-likeness (QED) is 0.342. The number of carbonyl (C=O) groups is 2. The predicted octanol–water partition coefficient (Wildman–Crippen LogP) is 4.76. The van der Waals surface area contributed by atoms with Gasteiger partial charge in [-0.3, -0.25) is 4.79 Å². The van der Waals surface area contributed by atoms with E-state index in [4.69, 9.17) is 9.47 Å². The van der Waals surface area contributed by atoms with Gasteiger partial charge in [-0.1, -0.05) is 44.7 Å². The van der Waals surface area contributed by atoms with Crippen molar-refractivity contribution in [3.05, 3.63) is 51.7 Å². The van der Waals surface area contributed by atoms with Crippen LogP contribution in [0.15, 0.2) is 29.4 Å². The average Bonchev–Trinajstić information content (AvgIpc) is 3.50. The zero-order valence-corrected chi connectivity index (χ0v) is 22.3. The molecule has 2 aromatic heterocycles. The van der Waals surface area contributed by atoms with Crippen LogP contribution >= 0.6 is 23.1 Å². The molecule has 0 aliphatic heterocycles. The highest BCUT2D eigenvalue weighted by Crippen LogP contribution is 2.39. The number of ether oxygens (including phenoxy) is 2. The van der Waals surface area contributed by atoms with E-state index >= 15 is 0 Å². The summed E-state index contributed by atoms with van der Waals surface area (Å²) in [4.78, 5) is 26.1. The van der Waals surface area contributed by atoms with Gasteiger partial charge in [0.05, 0.1) is 18.4 Å². The molecule has 1 aliphatic carbocycles. The Kier molecular flexibility index (Phi) is 7.51. The molecule has 0 saturated carbocycles. The third-order valence-electron chi connectivity index (χ3n) is 5.91. The summed E-state index contributed by atoms with van der Waals surface area (Å²) in [5.74, 6) is 0.956. The van der Waals surface area contributed by atoms with Crippen molar-refractivity contribution in [3.63, 3.8) is 0 Å². The van der Waals surface area contributed by atoms with Crippen LogP contribution in [0.1, 0.15) is 59.4 Å². The van der Waals surface area contributed by atoms with Crippen LogP contribution in [0.25, 0.3) is 0 Å². The Balaban J connectivity index is 1.33. The van der Waals surface area contributed by atoms with Crippen LogP contribution in [0.3, 0.4) is 0 Å². The molecule has 0 unspecified atom stereocenters. The molecule has 0 bridgehead atoms. The molecule has 0 spiro atoms. The van der Waals surface area contributed by atoms with Gasteiger partial charge in [0, 0.05) is 11.9 Å². The van der Waals surface area contributed by atoms with Crippen LogP contribution in [-0.4, -0.2) is 39.5 Å². The number of thioether (sulfide) groups is 1. The first-order valence-electron chi connectivity index (χ1n) is 11.4. The maximum atomic E-state index is 12.6. The van der Waals surface area contributed by atoms with Crippen LogP contribution in [0.4, 0.5) is 5.00 Å². The van der Waals surface area contributed by atoms with Crippen molar-refractivity contribution in [2.45, 2.75) is 57.2 Å². The van der Waals surface area contributed by atoms with E-state index in [0.29, 0.717) is 21.5 Å². The number of benzene rings is 1. The summed E-state index contributed by atoms with van der Waals surface area (Å²) in [6.45, 7) is 6.79. The van der Waals surface area contributed by atoms with Gasteiger partial charge in [-0.2, -0.15) is 0 Å². The molecular weight excluding hydrogens is 484 g/mol. The molecule has 1 amide bonds. The van der Waals surface area contributed by atoms with Gasteiger partial charge in [0.2, 0.25) is 5.91 Å². The third kappa shape index (κ3) is 5.70. The Hall–Kier alpha value is -2.85. The smallest absolute Gasteiger partial charge is 0.341 e. The molecule has 10 heteroatoms. The molecule has 0 fully saturated rings. The molecule has 0 saturated heterocycles. The topological polar surface area (TPSA) is 95.3 Å². The molecule has 1 aliphatic rings. The maximum Gasteiger partial charge on any atom is 0.341 e. The van der Waals surface area contributed by atoms with Crippen molar-refractivity contribution in [1.82, 2.24) is 14.8 Å². The highest BCUT2D eigenvalue weighted by atomic mass is 32.2. The molecular formula is C25H30N4O4S2. The summed E-state index contributed by atoms with van der Waals surface area (Å²) >= 11 is 2.75. The minimum absolute atomic E-state index is 0.0883. The molecule has 0 atom stereocenters. The van der Waals surface area contributed by atoms with Crippen LogP contribution < -0.4 is 10.1 Å². The summed E-state index contributed by atoms with van der Waals surface area (Å²) < 4.78 is 12.6. The fraction of sp³-hybridized carbons (Fsp3) is 0.440. The number of nitrogens with zero attached hydrogens (tertiary/aromatic N) is 3. The van der Waals surface area contributed by atoms with Crippen LogP contribution in [0.2, 0.25) is 0 Å². The van der Waals surface area contributed by atoms with Crippen molar-refractivity contribution in [1.29, 1.82) is 0 Å². The van der Waals surface area contributed by atoms with Crippen molar-refractivity contribution >= 4 is 40.0 Å². The molecule has 4 rings (SSSR count). The van der Waals surface area contributed by atoms with E-state index in [1.165, 1.54) is 35.8 Å². The molecule has 2 heterocycles. The number of hydrogen-bond donors (Lipinski definition) is 1. The van der Waals surface area contributed by atoms with Crippen LogP contribution in [-0.2, 0) is 41.4 Å². The summed E-state index contributed by atoms with van der Waals surface area (Å²) in [5, 5.41) is 12.5. The summed E-state index contributed by atoms with van der Waals surface area (Å²) in [7, 11) is 3.21. The van der Waals surface area contributed by atoms with Crippen molar-refractivity contribution in [2.75, 3.05) is 18.2 Å². The monoisotopic (exact) mass is 514 g/mol. The number of aryl methyl sites for hydroxylation is 1. The van der Waals surface area contributed by atoms with Gasteiger partial charge in [-0.15, -0.1) is 21.5 Å². The van der Waals surface area contributed by atoms with Gasteiger partial charge in [-0.25, -0.2) is 4.79 Å². The number of methoxy groups -OCH3 is 1. The van der Waals surface area contributed by atoms with E-state index < -0.39 is 5.97 Å². The number of anilines is 1. The van der Waals surface area contributed by atoms with Gasteiger partial charge in [0.15, 0.2) is 11.0 Å². The lowest BCUT2D eigenvalue weighted by molar-refractivity contribution is -0.113. The van der Waals surface area contributed by atoms with Crippen molar-refractivity contribution < 1.29 is 19.1 Å². The van der Waals surface area contributed by atoms with Gasteiger partial charge in [0.1, 0.15) is 17.4 Å². The highest BCUT2D eigenvalue weighted by molar-refractivity contribution is 7.99. The lowest BCUT2D eigenvalue weighted by atomic mass is 9.87. The predicted molar refractivity (Wildman–Crippen MR) is 138 cm³/mol. The fourth-order valence-electron chi connectivity index (χ4n) is 3.90. The van der Waals surface area contributed by atoms with E-state index in [-0.39, 0.29) is 23.7 Å². The first kappa shape index (κ1) is 25.2. The van der Waals surface area contributed by atoms with Gasteiger partial charge < -0.3 is 19.4 Å². The van der Waals surface area contributed by atoms with E-state index in [9.17, 15) is 9.59 Å².